The van der Waals surface area contributed by atoms with Crippen molar-refractivity contribution >= 4 is 8.07 Å². The molecule has 1 N–H and O–H groups in total. The molecule has 0 aliphatic heterocycles. The van der Waals surface area contributed by atoms with Crippen molar-refractivity contribution in [3.8, 4) is 0 Å². The maximum atomic E-state index is 8.64. The van der Waals surface area contributed by atoms with Crippen LogP contribution in [-0.4, -0.2) is 33.0 Å². The predicted molar refractivity (Wildman–Crippen MR) is 66.6 cm³/mol. The van der Waals surface area contributed by atoms with Crippen LogP contribution in [0, 0.1) is 5.92 Å². The molecule has 3 heteroatoms. The third-order valence-electron chi connectivity index (χ3n) is 2.63. The lowest BCUT2D eigenvalue weighted by atomic mass is 10.2. The highest BCUT2D eigenvalue weighted by Crippen LogP contribution is 2.28. The molecule has 0 aromatic rings. The van der Waals surface area contributed by atoms with Crippen molar-refractivity contribution in [3.05, 3.63) is 23.4 Å². The minimum absolute atomic E-state index is 0.219. The van der Waals surface area contributed by atoms with Crippen molar-refractivity contribution in [1.29, 1.82) is 0 Å². The fourth-order valence-corrected chi connectivity index (χ4v) is 3.74. The average Bonchev–Trinajstić information content (AvgIpc) is 2.59. The molecule has 2 nitrogen and oxygen atoms in total. The Morgan fingerprint density at radius 3 is 2.73 bits per heavy atom. The van der Waals surface area contributed by atoms with Crippen LogP contribution < -0.4 is 0 Å². The summed E-state index contributed by atoms with van der Waals surface area (Å²) in [6, 6.07) is 0. The molecule has 0 bridgehead atoms. The quantitative estimate of drug-likeness (QED) is 0.556. The number of ether oxygens (including phenoxy) is 1. The SMILES string of the molecule is C[Si](C)(C)C1=CC=C[C@@H]1COCCCO. The second-order valence-corrected chi connectivity index (χ2v) is 10.1. The summed E-state index contributed by atoms with van der Waals surface area (Å²) in [6.07, 6.45) is 7.37. The first-order chi connectivity index (χ1) is 7.05. The summed E-state index contributed by atoms with van der Waals surface area (Å²) in [5.41, 5.74) is 0. The zero-order valence-corrected chi connectivity index (χ0v) is 11.0. The highest BCUT2D eigenvalue weighted by atomic mass is 28.3. The van der Waals surface area contributed by atoms with Gasteiger partial charge in [-0.05, 0) is 6.42 Å². The van der Waals surface area contributed by atoms with Gasteiger partial charge in [0.15, 0.2) is 0 Å². The topological polar surface area (TPSA) is 29.5 Å². The van der Waals surface area contributed by atoms with E-state index in [9.17, 15) is 0 Å². The van der Waals surface area contributed by atoms with E-state index in [4.69, 9.17) is 9.84 Å². The van der Waals surface area contributed by atoms with E-state index in [2.05, 4.69) is 37.9 Å². The first kappa shape index (κ1) is 12.7. The molecule has 15 heavy (non-hydrogen) atoms. The molecule has 1 aliphatic rings. The minimum Gasteiger partial charge on any atom is -0.396 e. The lowest BCUT2D eigenvalue weighted by molar-refractivity contribution is 0.106. The summed E-state index contributed by atoms with van der Waals surface area (Å²) >= 11 is 0. The Balaban J connectivity index is 2.36. The zero-order valence-electron chi connectivity index (χ0n) is 9.99. The molecular weight excluding hydrogens is 204 g/mol. The van der Waals surface area contributed by atoms with E-state index in [0.717, 1.165) is 13.0 Å². The summed E-state index contributed by atoms with van der Waals surface area (Å²) in [4.78, 5) is 0. The standard InChI is InChI=1S/C12H22O2Si/c1-15(2,3)12-7-4-6-11(12)10-14-9-5-8-13/h4,6-7,11,13H,5,8-10H2,1-3H3/t11-/m1/s1. The van der Waals surface area contributed by atoms with E-state index in [-0.39, 0.29) is 6.61 Å². The minimum atomic E-state index is -1.19. The molecule has 0 saturated heterocycles. The normalized spacial score (nSPS) is 20.8. The van der Waals surface area contributed by atoms with Crippen LogP contribution in [0.4, 0.5) is 0 Å². The summed E-state index contributed by atoms with van der Waals surface area (Å²) in [6.45, 7) is 8.76. The lowest BCUT2D eigenvalue weighted by Gasteiger charge is -2.24. The van der Waals surface area contributed by atoms with Gasteiger partial charge in [-0.15, -0.1) is 0 Å². The van der Waals surface area contributed by atoms with Crippen molar-refractivity contribution in [2.24, 2.45) is 5.92 Å². The van der Waals surface area contributed by atoms with Crippen molar-refractivity contribution in [1.82, 2.24) is 0 Å². The summed E-state index contributed by atoms with van der Waals surface area (Å²) in [5.74, 6) is 0.482. The first-order valence-electron chi connectivity index (χ1n) is 5.63. The van der Waals surface area contributed by atoms with E-state index < -0.39 is 8.07 Å². The number of rotatable bonds is 6. The number of aliphatic hydroxyl groups excluding tert-OH is 1. The van der Waals surface area contributed by atoms with Gasteiger partial charge in [0, 0.05) is 19.1 Å². The third-order valence-corrected chi connectivity index (χ3v) is 4.90. The molecule has 86 valence electrons. The second kappa shape index (κ2) is 5.63. The smallest absolute Gasteiger partial charge is 0.0733 e. The molecule has 1 atom stereocenters. The van der Waals surface area contributed by atoms with Gasteiger partial charge in [0.2, 0.25) is 0 Å². The average molecular weight is 226 g/mol. The molecule has 0 heterocycles. The van der Waals surface area contributed by atoms with Crippen LogP contribution in [-0.2, 0) is 4.74 Å². The molecule has 0 fully saturated rings. The number of aliphatic hydroxyl groups is 1. The summed E-state index contributed by atoms with van der Waals surface area (Å²) in [5, 5.41) is 10.2. The predicted octanol–water partition coefficient (Wildman–Crippen LogP) is 2.38. The van der Waals surface area contributed by atoms with Gasteiger partial charge in [-0.1, -0.05) is 43.1 Å². The van der Waals surface area contributed by atoms with Crippen LogP contribution in [0.25, 0.3) is 0 Å². The summed E-state index contributed by atoms with van der Waals surface area (Å²) < 4.78 is 5.55. The van der Waals surface area contributed by atoms with Crippen LogP contribution in [0.2, 0.25) is 19.6 Å². The monoisotopic (exact) mass is 226 g/mol. The van der Waals surface area contributed by atoms with Gasteiger partial charge >= 0.3 is 0 Å². The fraction of sp³-hybridized carbons (Fsp3) is 0.667. The van der Waals surface area contributed by atoms with Gasteiger partial charge in [-0.3, -0.25) is 0 Å². The maximum Gasteiger partial charge on any atom is 0.0733 e. The molecule has 0 spiro atoms. The van der Waals surface area contributed by atoms with E-state index in [0.29, 0.717) is 12.5 Å². The molecular formula is C12H22O2Si. The van der Waals surface area contributed by atoms with Crippen molar-refractivity contribution < 1.29 is 9.84 Å². The van der Waals surface area contributed by atoms with Crippen LogP contribution in [0.5, 0.6) is 0 Å². The zero-order chi connectivity index (χ0) is 11.3. The van der Waals surface area contributed by atoms with Crippen molar-refractivity contribution in [2.75, 3.05) is 19.8 Å². The van der Waals surface area contributed by atoms with Crippen LogP contribution >= 0.6 is 0 Å². The van der Waals surface area contributed by atoms with Gasteiger partial charge in [-0.2, -0.15) is 0 Å². The molecule has 0 amide bonds. The van der Waals surface area contributed by atoms with E-state index in [1.165, 1.54) is 0 Å². The highest BCUT2D eigenvalue weighted by molar-refractivity contribution is 6.83. The number of allylic oxidation sites excluding steroid dienone is 2. The van der Waals surface area contributed by atoms with Gasteiger partial charge in [0.05, 0.1) is 14.7 Å². The van der Waals surface area contributed by atoms with Gasteiger partial charge in [0.1, 0.15) is 0 Å². The second-order valence-electron chi connectivity index (χ2n) is 5.02. The first-order valence-corrected chi connectivity index (χ1v) is 9.13. The Labute approximate surface area is 93.7 Å². The van der Waals surface area contributed by atoms with Gasteiger partial charge in [-0.25, -0.2) is 0 Å². The van der Waals surface area contributed by atoms with E-state index in [1.807, 2.05) is 0 Å². The molecule has 1 rings (SSSR count). The Morgan fingerprint density at radius 2 is 2.13 bits per heavy atom. The molecule has 0 aromatic heterocycles. The Bertz CT molecular complexity index is 251. The largest absolute Gasteiger partial charge is 0.396 e. The molecule has 0 aromatic carbocycles. The van der Waals surface area contributed by atoms with Gasteiger partial charge < -0.3 is 9.84 Å². The van der Waals surface area contributed by atoms with Crippen LogP contribution in [0.3, 0.4) is 0 Å². The molecule has 0 unspecified atom stereocenters. The van der Waals surface area contributed by atoms with Gasteiger partial charge in [0.25, 0.3) is 0 Å². The fourth-order valence-electron chi connectivity index (χ4n) is 1.85. The number of hydrogen-bond donors (Lipinski definition) is 1. The number of hydrogen-bond acceptors (Lipinski definition) is 2. The molecule has 0 radical (unpaired) electrons. The van der Waals surface area contributed by atoms with E-state index in [1.54, 1.807) is 5.20 Å². The Kier molecular flexibility index (Phi) is 4.76. The lowest BCUT2D eigenvalue weighted by Crippen LogP contribution is -2.29. The maximum absolute atomic E-state index is 8.64. The molecule has 0 saturated carbocycles. The Hall–Kier alpha value is -0.383. The van der Waals surface area contributed by atoms with Crippen LogP contribution in [0.15, 0.2) is 23.4 Å². The van der Waals surface area contributed by atoms with Crippen molar-refractivity contribution in [2.45, 2.75) is 26.1 Å². The highest BCUT2D eigenvalue weighted by Gasteiger charge is 2.27. The summed E-state index contributed by atoms with van der Waals surface area (Å²) in [7, 11) is -1.19. The van der Waals surface area contributed by atoms with Crippen molar-refractivity contribution in [3.63, 3.8) is 0 Å². The third kappa shape index (κ3) is 3.93. The molecule has 1 aliphatic carbocycles. The van der Waals surface area contributed by atoms with E-state index >= 15 is 0 Å². The Morgan fingerprint density at radius 1 is 1.40 bits per heavy atom. The van der Waals surface area contributed by atoms with Crippen LogP contribution in [0.1, 0.15) is 6.42 Å².